The lowest BCUT2D eigenvalue weighted by molar-refractivity contribution is -0.147. The molecule has 1 aliphatic carbocycles. The fourth-order valence-corrected chi connectivity index (χ4v) is 3.00. The molecule has 2 heterocycles. The minimum atomic E-state index is -4.46. The van der Waals surface area contributed by atoms with Gasteiger partial charge >= 0.3 is 12.1 Å². The molecule has 1 aromatic carbocycles. The number of carboxylic acids is 1. The first-order chi connectivity index (χ1) is 15.2. The predicted octanol–water partition coefficient (Wildman–Crippen LogP) is 4.62. The van der Waals surface area contributed by atoms with Crippen molar-refractivity contribution < 1.29 is 32.5 Å². The number of carboxylic acid groups (broad SMARTS) is 1. The Kier molecular flexibility index (Phi) is 5.45. The second-order valence-electron chi connectivity index (χ2n) is 7.21. The van der Waals surface area contributed by atoms with Crippen molar-refractivity contribution in [3.63, 3.8) is 0 Å². The molecule has 10 heteroatoms. The van der Waals surface area contributed by atoms with E-state index in [1.54, 1.807) is 12.1 Å². The lowest BCUT2D eigenvalue weighted by atomic mass is 10.1. The number of nitrogens with zero attached hydrogens (tertiary/aromatic N) is 3. The molecule has 1 N–H and O–H groups in total. The molecule has 0 aliphatic heterocycles. The second kappa shape index (κ2) is 8.10. The number of pyridine rings is 1. The average molecular weight is 445 g/mol. The minimum absolute atomic E-state index is 0.0127. The Morgan fingerprint density at radius 1 is 1.06 bits per heavy atom. The van der Waals surface area contributed by atoms with Crippen molar-refractivity contribution in [1.29, 1.82) is 0 Å². The van der Waals surface area contributed by atoms with Gasteiger partial charge in [-0.05, 0) is 25.1 Å². The van der Waals surface area contributed by atoms with Crippen molar-refractivity contribution in [3.05, 3.63) is 54.2 Å². The summed E-state index contributed by atoms with van der Waals surface area (Å²) in [6.45, 7) is 2.27. The first-order valence-corrected chi connectivity index (χ1v) is 9.78. The molecule has 0 spiro atoms. The molecule has 0 amide bonds. The Balaban J connectivity index is 1.74. The number of benzene rings is 1. The third kappa shape index (κ3) is 4.48. The average Bonchev–Trinajstić information content (AvgIpc) is 3.55. The molecular weight excluding hydrogens is 427 g/mol. The van der Waals surface area contributed by atoms with Crippen molar-refractivity contribution in [2.45, 2.75) is 31.5 Å². The van der Waals surface area contributed by atoms with Crippen LogP contribution in [-0.2, 0) is 11.0 Å². The number of alkyl halides is 3. The van der Waals surface area contributed by atoms with E-state index in [9.17, 15) is 23.1 Å². The van der Waals surface area contributed by atoms with Crippen LogP contribution in [0.3, 0.4) is 0 Å². The number of rotatable bonds is 7. The molecule has 4 rings (SSSR count). The Labute approximate surface area is 180 Å². The van der Waals surface area contributed by atoms with E-state index in [0.717, 1.165) is 12.1 Å². The summed E-state index contributed by atoms with van der Waals surface area (Å²) in [7, 11) is 0. The van der Waals surface area contributed by atoms with E-state index in [-0.39, 0.29) is 17.4 Å². The molecular formula is C22H18F3N3O4. The maximum absolute atomic E-state index is 12.9. The number of halogens is 3. The van der Waals surface area contributed by atoms with Gasteiger partial charge < -0.3 is 14.6 Å². The van der Waals surface area contributed by atoms with Gasteiger partial charge in [-0.25, -0.2) is 14.8 Å². The van der Waals surface area contributed by atoms with Crippen molar-refractivity contribution in [3.8, 4) is 34.4 Å². The first-order valence-electron chi connectivity index (χ1n) is 9.78. The van der Waals surface area contributed by atoms with Gasteiger partial charge in [0, 0.05) is 42.3 Å². The molecule has 0 atom stereocenters. The molecule has 32 heavy (non-hydrogen) atoms. The standard InChI is InChI=1S/C22H18F3N3O4/c1-2-31-17-8-5-14(12-26-17)19-27-16(13-3-6-15(7-4-13)22(23,24)25)11-18(28-19)32-21(9-10-21)20(29)30/h3-8,11-12H,2,9-10H2,1H3,(H,29,30). The largest absolute Gasteiger partial charge is 0.478 e. The lowest BCUT2D eigenvalue weighted by Gasteiger charge is -2.15. The summed E-state index contributed by atoms with van der Waals surface area (Å²) >= 11 is 0. The van der Waals surface area contributed by atoms with Crippen LogP contribution in [-0.4, -0.2) is 38.2 Å². The van der Waals surface area contributed by atoms with Crippen LogP contribution < -0.4 is 9.47 Å². The minimum Gasteiger partial charge on any atom is -0.478 e. The zero-order valence-corrected chi connectivity index (χ0v) is 16.9. The second-order valence-corrected chi connectivity index (χ2v) is 7.21. The maximum atomic E-state index is 12.9. The van der Waals surface area contributed by atoms with Crippen molar-refractivity contribution in [2.75, 3.05) is 6.61 Å². The molecule has 1 aliphatic rings. The quantitative estimate of drug-likeness (QED) is 0.567. The van der Waals surface area contributed by atoms with Gasteiger partial charge in [-0.1, -0.05) is 12.1 Å². The topological polar surface area (TPSA) is 94.4 Å². The Hall–Kier alpha value is -3.69. The first kappa shape index (κ1) is 21.5. The Morgan fingerprint density at radius 2 is 1.75 bits per heavy atom. The number of aromatic nitrogens is 3. The Morgan fingerprint density at radius 3 is 2.28 bits per heavy atom. The molecule has 166 valence electrons. The molecule has 0 saturated heterocycles. The van der Waals surface area contributed by atoms with Crippen LogP contribution in [0, 0.1) is 0 Å². The van der Waals surface area contributed by atoms with E-state index in [1.807, 2.05) is 6.92 Å². The smallest absolute Gasteiger partial charge is 0.416 e. The van der Waals surface area contributed by atoms with E-state index in [2.05, 4.69) is 15.0 Å². The molecule has 1 fully saturated rings. The predicted molar refractivity (Wildman–Crippen MR) is 107 cm³/mol. The van der Waals surface area contributed by atoms with Gasteiger partial charge in [-0.3, -0.25) is 0 Å². The van der Waals surface area contributed by atoms with Gasteiger partial charge in [0.15, 0.2) is 5.82 Å². The van der Waals surface area contributed by atoms with Crippen molar-refractivity contribution >= 4 is 5.97 Å². The van der Waals surface area contributed by atoms with E-state index < -0.39 is 23.3 Å². The fraction of sp³-hybridized carbons (Fsp3) is 0.273. The number of carbonyl (C=O) groups is 1. The summed E-state index contributed by atoms with van der Waals surface area (Å²) in [4.78, 5) is 24.4. The van der Waals surface area contributed by atoms with Gasteiger partial charge in [0.1, 0.15) is 0 Å². The number of ether oxygens (including phenoxy) is 2. The van der Waals surface area contributed by atoms with Crippen molar-refractivity contribution in [1.82, 2.24) is 15.0 Å². The SMILES string of the molecule is CCOc1ccc(-c2nc(OC3(C(=O)O)CC3)cc(-c3ccc(C(F)(F)F)cc3)n2)cn1. The van der Waals surface area contributed by atoms with Crippen LogP contribution in [0.4, 0.5) is 13.2 Å². The molecule has 3 aromatic rings. The third-order valence-electron chi connectivity index (χ3n) is 4.89. The highest BCUT2D eigenvalue weighted by Crippen LogP contribution is 2.41. The zero-order chi connectivity index (χ0) is 22.9. The molecule has 1 saturated carbocycles. The number of hydrogen-bond donors (Lipinski definition) is 1. The number of hydrogen-bond acceptors (Lipinski definition) is 6. The summed E-state index contributed by atoms with van der Waals surface area (Å²) in [5.41, 5.74) is -0.947. The highest BCUT2D eigenvalue weighted by molar-refractivity contribution is 5.81. The monoisotopic (exact) mass is 445 g/mol. The molecule has 0 bridgehead atoms. The summed E-state index contributed by atoms with van der Waals surface area (Å²) in [6.07, 6.45) is -2.30. The van der Waals surface area contributed by atoms with Crippen LogP contribution >= 0.6 is 0 Å². The van der Waals surface area contributed by atoms with Gasteiger partial charge in [0.05, 0.1) is 17.9 Å². The summed E-state index contributed by atoms with van der Waals surface area (Å²) in [5, 5.41) is 9.43. The third-order valence-corrected chi connectivity index (χ3v) is 4.89. The lowest BCUT2D eigenvalue weighted by Crippen LogP contribution is -2.29. The fourth-order valence-electron chi connectivity index (χ4n) is 3.00. The number of aliphatic carboxylic acids is 1. The normalized spacial score (nSPS) is 14.6. The molecule has 0 unspecified atom stereocenters. The van der Waals surface area contributed by atoms with Crippen LogP contribution in [0.25, 0.3) is 22.6 Å². The molecule has 2 aromatic heterocycles. The highest BCUT2D eigenvalue weighted by Gasteiger charge is 2.54. The van der Waals surface area contributed by atoms with Crippen LogP contribution in [0.2, 0.25) is 0 Å². The van der Waals surface area contributed by atoms with E-state index in [1.165, 1.54) is 24.4 Å². The summed E-state index contributed by atoms with van der Waals surface area (Å²) in [6, 6.07) is 9.21. The van der Waals surface area contributed by atoms with Crippen LogP contribution in [0.5, 0.6) is 11.8 Å². The van der Waals surface area contributed by atoms with Gasteiger partial charge in [-0.15, -0.1) is 0 Å². The van der Waals surface area contributed by atoms with E-state index in [0.29, 0.717) is 36.5 Å². The van der Waals surface area contributed by atoms with E-state index in [4.69, 9.17) is 9.47 Å². The van der Waals surface area contributed by atoms with Gasteiger partial charge in [0.2, 0.25) is 17.4 Å². The molecule has 7 nitrogen and oxygen atoms in total. The van der Waals surface area contributed by atoms with Crippen LogP contribution in [0.1, 0.15) is 25.3 Å². The summed E-state index contributed by atoms with van der Waals surface area (Å²) in [5.74, 6) is -0.487. The highest BCUT2D eigenvalue weighted by atomic mass is 19.4. The summed E-state index contributed by atoms with van der Waals surface area (Å²) < 4.78 is 49.7. The van der Waals surface area contributed by atoms with Gasteiger partial charge in [-0.2, -0.15) is 18.2 Å². The Bertz CT molecular complexity index is 1130. The van der Waals surface area contributed by atoms with Gasteiger partial charge in [0.25, 0.3) is 0 Å². The van der Waals surface area contributed by atoms with Crippen molar-refractivity contribution in [2.24, 2.45) is 0 Å². The van der Waals surface area contributed by atoms with Crippen LogP contribution in [0.15, 0.2) is 48.7 Å². The van der Waals surface area contributed by atoms with E-state index >= 15 is 0 Å². The zero-order valence-electron chi connectivity index (χ0n) is 16.9. The molecule has 0 radical (unpaired) electrons. The maximum Gasteiger partial charge on any atom is 0.416 e.